The van der Waals surface area contributed by atoms with Gasteiger partial charge in [-0.15, -0.1) is 0 Å². The van der Waals surface area contributed by atoms with Gasteiger partial charge in [-0.2, -0.15) is 0 Å². The van der Waals surface area contributed by atoms with Crippen molar-refractivity contribution in [3.63, 3.8) is 0 Å². The lowest BCUT2D eigenvalue weighted by atomic mass is 9.89. The summed E-state index contributed by atoms with van der Waals surface area (Å²) in [4.78, 5) is 0. The number of fused-ring (bicyclic) bond motifs is 1. The fourth-order valence-corrected chi connectivity index (χ4v) is 4.48. The van der Waals surface area contributed by atoms with Crippen LogP contribution in [0.5, 0.6) is 5.75 Å². The third-order valence-electron chi connectivity index (χ3n) is 6.14. The van der Waals surface area contributed by atoms with E-state index in [0.29, 0.717) is 30.9 Å². The van der Waals surface area contributed by atoms with Crippen LogP contribution in [0.3, 0.4) is 0 Å². The van der Waals surface area contributed by atoms with E-state index in [1.54, 1.807) is 6.07 Å². The number of hydrogen-bond donors (Lipinski definition) is 4. The van der Waals surface area contributed by atoms with Crippen molar-refractivity contribution >= 4 is 17.3 Å². The van der Waals surface area contributed by atoms with Crippen LogP contribution < -0.4 is 10.1 Å². The van der Waals surface area contributed by atoms with Crippen LogP contribution in [0.2, 0.25) is 5.02 Å². The molecule has 29 heavy (non-hydrogen) atoms. The monoisotopic (exact) mass is 417 g/mol. The molecule has 2 aromatic carbocycles. The maximum atomic E-state index is 10.5. The summed E-state index contributed by atoms with van der Waals surface area (Å²) in [5.41, 5.74) is 2.96. The van der Waals surface area contributed by atoms with Crippen LogP contribution in [0.4, 0.5) is 5.69 Å². The smallest absolute Gasteiger partial charge is 0.142 e. The molecule has 1 aliphatic carbocycles. The number of hydrogen-bond acceptors (Lipinski definition) is 6. The van der Waals surface area contributed by atoms with Gasteiger partial charge in [-0.1, -0.05) is 29.8 Å². The largest absolute Gasteiger partial charge is 0.490 e. The van der Waals surface area contributed by atoms with Crippen molar-refractivity contribution in [1.29, 1.82) is 0 Å². The molecule has 7 heteroatoms. The second-order valence-corrected chi connectivity index (χ2v) is 8.57. The molecular weight excluding hydrogens is 394 g/mol. The molecule has 2 aromatic rings. The number of nitrogens with one attached hydrogen (secondary N) is 1. The third kappa shape index (κ3) is 3.39. The van der Waals surface area contributed by atoms with Crippen molar-refractivity contribution < 1.29 is 24.8 Å². The minimum atomic E-state index is -1.23. The summed E-state index contributed by atoms with van der Waals surface area (Å²) < 4.78 is 11.7. The van der Waals surface area contributed by atoms with Gasteiger partial charge in [0, 0.05) is 11.6 Å². The Morgan fingerprint density at radius 3 is 2.69 bits per heavy atom. The highest BCUT2D eigenvalue weighted by atomic mass is 35.5. The molecule has 4 N–H and O–H groups in total. The van der Waals surface area contributed by atoms with Crippen LogP contribution in [-0.2, 0) is 11.2 Å². The fraction of sp³-hybridized carbons (Fsp3) is 0.455. The molecule has 0 radical (unpaired) electrons. The van der Waals surface area contributed by atoms with Gasteiger partial charge in [0.2, 0.25) is 0 Å². The van der Waals surface area contributed by atoms with Gasteiger partial charge in [0.1, 0.15) is 36.8 Å². The van der Waals surface area contributed by atoms with Gasteiger partial charge in [0.05, 0.1) is 11.3 Å². The average Bonchev–Trinajstić information content (AvgIpc) is 3.52. The Morgan fingerprint density at radius 1 is 1.07 bits per heavy atom. The molecule has 6 nitrogen and oxygen atoms in total. The van der Waals surface area contributed by atoms with Crippen LogP contribution >= 0.6 is 11.6 Å². The molecule has 1 saturated carbocycles. The van der Waals surface area contributed by atoms with Gasteiger partial charge < -0.3 is 30.1 Å². The Kier molecular flexibility index (Phi) is 4.72. The summed E-state index contributed by atoms with van der Waals surface area (Å²) in [6.45, 7) is 1.44. The Bertz CT molecular complexity index is 931. The molecule has 5 rings (SSSR count). The predicted octanol–water partition coefficient (Wildman–Crippen LogP) is 2.42. The predicted molar refractivity (Wildman–Crippen MR) is 108 cm³/mol. The molecule has 3 aliphatic rings. The number of halogens is 1. The molecule has 1 saturated heterocycles. The lowest BCUT2D eigenvalue weighted by molar-refractivity contribution is -0.236. The maximum Gasteiger partial charge on any atom is 0.142 e. The van der Waals surface area contributed by atoms with E-state index in [1.165, 1.54) is 0 Å². The Labute approximate surface area is 174 Å². The molecule has 0 unspecified atom stereocenters. The topological polar surface area (TPSA) is 91.2 Å². The number of ether oxygens (including phenoxy) is 2. The number of aliphatic hydroxyl groups excluding tert-OH is 3. The zero-order valence-electron chi connectivity index (χ0n) is 15.8. The molecule has 2 heterocycles. The molecule has 0 amide bonds. The van der Waals surface area contributed by atoms with Gasteiger partial charge in [0.25, 0.3) is 0 Å². The lowest BCUT2D eigenvalue weighted by Gasteiger charge is -2.41. The molecule has 2 aliphatic heterocycles. The van der Waals surface area contributed by atoms with Crippen LogP contribution in [-0.4, -0.2) is 52.4 Å². The molecular formula is C22H24ClNO5. The van der Waals surface area contributed by atoms with Crippen LogP contribution in [0, 0.1) is 0 Å². The van der Waals surface area contributed by atoms with Crippen LogP contribution in [0.25, 0.3) is 0 Å². The van der Waals surface area contributed by atoms with E-state index in [4.69, 9.17) is 21.1 Å². The minimum Gasteiger partial charge on any atom is -0.490 e. The minimum absolute atomic E-state index is 0.612. The van der Waals surface area contributed by atoms with Crippen LogP contribution in [0.15, 0.2) is 36.4 Å². The highest BCUT2D eigenvalue weighted by Crippen LogP contribution is 2.51. The number of rotatable bonds is 3. The maximum absolute atomic E-state index is 10.5. The standard InChI is InChI=1S/C22H24ClNO5/c23-15-3-2-13(20-18(25)19(26)21(27)22(29-20)5-6-22)11-14(15)9-12-1-4-17-16(10-12)24-7-8-28-17/h1-4,10-11,18-21,24-27H,5-9H2/t18-,19-,20+,21+/m1/s1. The van der Waals surface area contributed by atoms with E-state index in [1.807, 2.05) is 24.3 Å². The van der Waals surface area contributed by atoms with Gasteiger partial charge in [-0.3, -0.25) is 0 Å². The van der Waals surface area contributed by atoms with Crippen molar-refractivity contribution in [3.8, 4) is 5.75 Å². The lowest BCUT2D eigenvalue weighted by Crippen LogP contribution is -2.55. The van der Waals surface area contributed by atoms with Crippen molar-refractivity contribution in [3.05, 3.63) is 58.1 Å². The summed E-state index contributed by atoms with van der Waals surface area (Å²) >= 11 is 6.45. The zero-order chi connectivity index (χ0) is 20.2. The molecule has 2 fully saturated rings. The summed E-state index contributed by atoms with van der Waals surface area (Å²) in [6.07, 6.45) is -2.23. The number of aliphatic hydroxyl groups is 3. The second-order valence-electron chi connectivity index (χ2n) is 8.16. The van der Waals surface area contributed by atoms with Gasteiger partial charge in [-0.25, -0.2) is 0 Å². The summed E-state index contributed by atoms with van der Waals surface area (Å²) in [5, 5.41) is 35.0. The van der Waals surface area contributed by atoms with E-state index >= 15 is 0 Å². The second kappa shape index (κ2) is 7.15. The summed E-state index contributed by atoms with van der Waals surface area (Å²) in [5.74, 6) is 0.848. The Morgan fingerprint density at radius 2 is 1.90 bits per heavy atom. The van der Waals surface area contributed by atoms with Crippen molar-refractivity contribution in [2.45, 2.75) is 49.3 Å². The normalized spacial score (nSPS) is 29.7. The molecule has 0 aromatic heterocycles. The molecule has 154 valence electrons. The SMILES string of the molecule is O[C@@H]1[C@@H](O)[C@H](O)C2(CC2)O[C@H]1c1ccc(Cl)c(Cc2ccc3c(c2)NCCO3)c1. The first-order valence-electron chi connectivity index (χ1n) is 9.97. The highest BCUT2D eigenvalue weighted by Gasteiger charge is 2.60. The number of benzene rings is 2. The average molecular weight is 418 g/mol. The third-order valence-corrected chi connectivity index (χ3v) is 6.51. The zero-order valence-corrected chi connectivity index (χ0v) is 16.6. The van der Waals surface area contributed by atoms with E-state index < -0.39 is 30.0 Å². The van der Waals surface area contributed by atoms with Crippen LogP contribution in [0.1, 0.15) is 35.6 Å². The first-order valence-corrected chi connectivity index (χ1v) is 10.3. The van der Waals surface area contributed by atoms with Gasteiger partial charge in [-0.05, 0) is 54.2 Å². The van der Waals surface area contributed by atoms with Crippen molar-refractivity contribution in [2.24, 2.45) is 0 Å². The molecule has 1 spiro atoms. The highest BCUT2D eigenvalue weighted by molar-refractivity contribution is 6.31. The number of anilines is 1. The summed E-state index contributed by atoms with van der Waals surface area (Å²) in [7, 11) is 0. The van der Waals surface area contributed by atoms with E-state index in [-0.39, 0.29) is 0 Å². The van der Waals surface area contributed by atoms with E-state index in [2.05, 4.69) is 11.4 Å². The van der Waals surface area contributed by atoms with E-state index in [0.717, 1.165) is 34.7 Å². The first-order chi connectivity index (χ1) is 14.0. The quantitative estimate of drug-likeness (QED) is 0.613. The van der Waals surface area contributed by atoms with E-state index in [9.17, 15) is 15.3 Å². The van der Waals surface area contributed by atoms with Gasteiger partial charge >= 0.3 is 0 Å². The van der Waals surface area contributed by atoms with Crippen molar-refractivity contribution in [1.82, 2.24) is 0 Å². The Hall–Kier alpha value is -1.83. The Balaban J connectivity index is 1.42. The van der Waals surface area contributed by atoms with Crippen molar-refractivity contribution in [2.75, 3.05) is 18.5 Å². The summed E-state index contributed by atoms with van der Waals surface area (Å²) in [6, 6.07) is 11.5. The van der Waals surface area contributed by atoms with Gasteiger partial charge in [0.15, 0.2) is 0 Å². The molecule has 0 bridgehead atoms. The molecule has 4 atom stereocenters. The fourth-order valence-electron chi connectivity index (χ4n) is 4.30. The first kappa shape index (κ1) is 19.2.